The van der Waals surface area contributed by atoms with Crippen molar-refractivity contribution >= 4 is 5.78 Å². The van der Waals surface area contributed by atoms with E-state index in [9.17, 15) is 4.79 Å². The average Bonchev–Trinajstić information content (AvgIpc) is 2.93. The molecule has 4 nitrogen and oxygen atoms in total. The second-order valence-electron chi connectivity index (χ2n) is 5.16. The first kappa shape index (κ1) is 14.0. The summed E-state index contributed by atoms with van der Waals surface area (Å²) in [5, 5.41) is 0. The highest BCUT2D eigenvalue weighted by molar-refractivity contribution is 5.98. The Labute approximate surface area is 114 Å². The maximum Gasteiger partial charge on any atom is 0.167 e. The quantitative estimate of drug-likeness (QED) is 0.800. The molecule has 1 aromatic heterocycles. The van der Waals surface area contributed by atoms with Crippen molar-refractivity contribution in [1.29, 1.82) is 0 Å². The van der Waals surface area contributed by atoms with Gasteiger partial charge in [0, 0.05) is 17.7 Å². The van der Waals surface area contributed by atoms with Crippen LogP contribution in [0.4, 0.5) is 0 Å². The van der Waals surface area contributed by atoms with E-state index in [2.05, 4.69) is 4.98 Å². The lowest BCUT2D eigenvalue weighted by molar-refractivity contribution is 0.0892. The summed E-state index contributed by atoms with van der Waals surface area (Å²) in [6, 6.07) is 1.80. The highest BCUT2D eigenvalue weighted by atomic mass is 16.5. The van der Waals surface area contributed by atoms with Crippen LogP contribution in [-0.4, -0.2) is 23.9 Å². The van der Waals surface area contributed by atoms with Crippen LogP contribution in [-0.2, 0) is 0 Å². The lowest BCUT2D eigenvalue weighted by Crippen LogP contribution is -2.25. The minimum absolute atomic E-state index is 0.0632. The third-order valence-electron chi connectivity index (χ3n) is 3.77. The molecule has 2 rings (SSSR count). The average molecular weight is 262 g/mol. The predicted molar refractivity (Wildman–Crippen MR) is 74.2 cm³/mol. The van der Waals surface area contributed by atoms with E-state index >= 15 is 0 Å². The number of hydrogen-bond acceptors (Lipinski definition) is 4. The number of rotatable bonds is 6. The molecule has 2 atom stereocenters. The molecule has 1 fully saturated rings. The van der Waals surface area contributed by atoms with Crippen molar-refractivity contribution in [2.24, 2.45) is 17.6 Å². The van der Waals surface area contributed by atoms with Gasteiger partial charge in [-0.2, -0.15) is 0 Å². The molecule has 2 N–H and O–H groups in total. The van der Waals surface area contributed by atoms with Crippen molar-refractivity contribution in [3.63, 3.8) is 0 Å². The number of aromatic nitrogens is 1. The Hall–Kier alpha value is -1.42. The zero-order chi connectivity index (χ0) is 13.7. The SMILES string of the molecule is CCCOc1cncc(C(=O)C2CCCC2CN)c1. The molecule has 2 unspecified atom stereocenters. The van der Waals surface area contributed by atoms with Gasteiger partial charge in [0.25, 0.3) is 0 Å². The summed E-state index contributed by atoms with van der Waals surface area (Å²) in [7, 11) is 0. The van der Waals surface area contributed by atoms with Gasteiger partial charge < -0.3 is 10.5 Å². The number of nitrogens with two attached hydrogens (primary N) is 1. The van der Waals surface area contributed by atoms with Crippen LogP contribution in [0.25, 0.3) is 0 Å². The fourth-order valence-corrected chi connectivity index (χ4v) is 2.73. The molecule has 0 aliphatic heterocycles. The first-order valence-electron chi connectivity index (χ1n) is 7.08. The van der Waals surface area contributed by atoms with Gasteiger partial charge in [-0.3, -0.25) is 9.78 Å². The third-order valence-corrected chi connectivity index (χ3v) is 3.77. The molecular formula is C15H22N2O2. The van der Waals surface area contributed by atoms with Crippen molar-refractivity contribution in [3.8, 4) is 5.75 Å². The second kappa shape index (κ2) is 6.66. The number of nitrogens with zero attached hydrogens (tertiary/aromatic N) is 1. The van der Waals surface area contributed by atoms with Crippen molar-refractivity contribution in [1.82, 2.24) is 4.98 Å². The summed E-state index contributed by atoms with van der Waals surface area (Å²) >= 11 is 0. The summed E-state index contributed by atoms with van der Waals surface area (Å²) < 4.78 is 5.52. The van der Waals surface area contributed by atoms with E-state index < -0.39 is 0 Å². The Morgan fingerprint density at radius 1 is 1.47 bits per heavy atom. The first-order chi connectivity index (χ1) is 9.26. The van der Waals surface area contributed by atoms with Crippen LogP contribution in [0.15, 0.2) is 18.5 Å². The maximum absolute atomic E-state index is 12.5. The van der Waals surface area contributed by atoms with Crippen LogP contribution in [0.1, 0.15) is 43.0 Å². The Morgan fingerprint density at radius 3 is 3.05 bits per heavy atom. The van der Waals surface area contributed by atoms with Crippen LogP contribution in [0, 0.1) is 11.8 Å². The second-order valence-corrected chi connectivity index (χ2v) is 5.16. The lowest BCUT2D eigenvalue weighted by Gasteiger charge is -2.16. The van der Waals surface area contributed by atoms with E-state index in [0.717, 1.165) is 25.7 Å². The highest BCUT2D eigenvalue weighted by Crippen LogP contribution is 2.33. The Bertz CT molecular complexity index is 434. The van der Waals surface area contributed by atoms with E-state index in [-0.39, 0.29) is 11.7 Å². The molecule has 0 spiro atoms. The minimum Gasteiger partial charge on any atom is -0.492 e. The van der Waals surface area contributed by atoms with Gasteiger partial charge in [0.1, 0.15) is 5.75 Å². The van der Waals surface area contributed by atoms with Gasteiger partial charge in [0.05, 0.1) is 12.8 Å². The Morgan fingerprint density at radius 2 is 2.32 bits per heavy atom. The number of ketones is 1. The third kappa shape index (κ3) is 3.32. The Balaban J connectivity index is 2.10. The molecule has 0 amide bonds. The molecule has 1 heterocycles. The molecule has 1 aliphatic carbocycles. The first-order valence-corrected chi connectivity index (χ1v) is 7.08. The largest absolute Gasteiger partial charge is 0.492 e. The standard InChI is InChI=1S/C15H22N2O2/c1-2-6-19-13-7-12(9-17-10-13)15(18)14-5-3-4-11(14)8-16/h7,9-11,14H,2-6,8,16H2,1H3. The van der Waals surface area contributed by atoms with Gasteiger partial charge in [-0.25, -0.2) is 0 Å². The normalized spacial score (nSPS) is 22.4. The Kier molecular flexibility index (Phi) is 4.91. The molecule has 1 saturated carbocycles. The summed E-state index contributed by atoms with van der Waals surface area (Å²) in [5.41, 5.74) is 6.39. The maximum atomic E-state index is 12.5. The number of Topliss-reactive ketones (excluding diaryl/α,β-unsaturated/α-hetero) is 1. The van der Waals surface area contributed by atoms with Crippen molar-refractivity contribution < 1.29 is 9.53 Å². The van der Waals surface area contributed by atoms with Crippen molar-refractivity contribution in [3.05, 3.63) is 24.0 Å². The van der Waals surface area contributed by atoms with Gasteiger partial charge in [-0.15, -0.1) is 0 Å². The smallest absolute Gasteiger partial charge is 0.167 e. The van der Waals surface area contributed by atoms with E-state index in [1.165, 1.54) is 0 Å². The van der Waals surface area contributed by atoms with E-state index in [4.69, 9.17) is 10.5 Å². The molecule has 104 valence electrons. The molecule has 0 bridgehead atoms. The molecule has 0 saturated heterocycles. The minimum atomic E-state index is 0.0632. The van der Waals surface area contributed by atoms with Crippen LogP contribution in [0.2, 0.25) is 0 Å². The fraction of sp³-hybridized carbons (Fsp3) is 0.600. The number of carbonyl (C=O) groups is 1. The summed E-state index contributed by atoms with van der Waals surface area (Å²) in [6.45, 7) is 3.29. The predicted octanol–water partition coefficient (Wildman–Crippen LogP) is 2.43. The summed E-state index contributed by atoms with van der Waals surface area (Å²) in [4.78, 5) is 16.6. The monoisotopic (exact) mass is 262 g/mol. The van der Waals surface area contributed by atoms with E-state index in [0.29, 0.717) is 30.4 Å². The molecule has 19 heavy (non-hydrogen) atoms. The molecule has 1 aromatic rings. The molecule has 0 radical (unpaired) electrons. The van der Waals surface area contributed by atoms with E-state index in [1.54, 1.807) is 18.5 Å². The van der Waals surface area contributed by atoms with Gasteiger partial charge >= 0.3 is 0 Å². The van der Waals surface area contributed by atoms with Crippen LogP contribution in [0.5, 0.6) is 5.75 Å². The van der Waals surface area contributed by atoms with Crippen molar-refractivity contribution in [2.75, 3.05) is 13.2 Å². The van der Waals surface area contributed by atoms with Gasteiger partial charge in [-0.1, -0.05) is 13.3 Å². The van der Waals surface area contributed by atoms with Gasteiger partial charge in [0.15, 0.2) is 5.78 Å². The molecule has 0 aromatic carbocycles. The molecular weight excluding hydrogens is 240 g/mol. The number of ether oxygens (including phenoxy) is 1. The van der Waals surface area contributed by atoms with Crippen LogP contribution in [0.3, 0.4) is 0 Å². The highest BCUT2D eigenvalue weighted by Gasteiger charge is 2.32. The fourth-order valence-electron chi connectivity index (χ4n) is 2.73. The van der Waals surface area contributed by atoms with E-state index in [1.807, 2.05) is 6.92 Å². The summed E-state index contributed by atoms with van der Waals surface area (Å²) in [5.74, 6) is 1.23. The van der Waals surface area contributed by atoms with Gasteiger partial charge in [0.2, 0.25) is 0 Å². The van der Waals surface area contributed by atoms with Crippen molar-refractivity contribution in [2.45, 2.75) is 32.6 Å². The number of pyridine rings is 1. The lowest BCUT2D eigenvalue weighted by atomic mass is 9.89. The zero-order valence-corrected chi connectivity index (χ0v) is 11.5. The number of carbonyl (C=O) groups excluding carboxylic acids is 1. The van der Waals surface area contributed by atoms with Gasteiger partial charge in [-0.05, 0) is 37.8 Å². The summed E-state index contributed by atoms with van der Waals surface area (Å²) in [6.07, 6.45) is 7.33. The molecule has 4 heteroatoms. The van der Waals surface area contributed by atoms with Crippen LogP contribution < -0.4 is 10.5 Å². The van der Waals surface area contributed by atoms with Crippen LogP contribution >= 0.6 is 0 Å². The zero-order valence-electron chi connectivity index (χ0n) is 11.5. The topological polar surface area (TPSA) is 65.2 Å². The molecule has 1 aliphatic rings. The number of hydrogen-bond donors (Lipinski definition) is 1.